The molecule has 0 aliphatic carbocycles. The van der Waals surface area contributed by atoms with Crippen molar-refractivity contribution in [3.8, 4) is 0 Å². The van der Waals surface area contributed by atoms with Crippen LogP contribution in [0.5, 0.6) is 0 Å². The van der Waals surface area contributed by atoms with Gasteiger partial charge in [0, 0.05) is 0 Å². The molecule has 0 bridgehead atoms. The van der Waals surface area contributed by atoms with E-state index in [1.807, 2.05) is 0 Å². The van der Waals surface area contributed by atoms with E-state index < -0.39 is 0 Å². The van der Waals surface area contributed by atoms with Crippen molar-refractivity contribution < 1.29 is 21.5 Å². The highest BCUT2D eigenvalue weighted by molar-refractivity contribution is 4.54. The zero-order valence-electron chi connectivity index (χ0n) is 38.1. The van der Waals surface area contributed by atoms with Crippen molar-refractivity contribution in [1.82, 2.24) is 0 Å². The van der Waals surface area contributed by atoms with Crippen molar-refractivity contribution >= 4 is 0 Å². The largest absolute Gasteiger partial charge is 1.00 e. The van der Waals surface area contributed by atoms with E-state index in [4.69, 9.17) is 0 Å². The van der Waals surface area contributed by atoms with E-state index in [9.17, 15) is 0 Å². The normalized spacial score (nSPS) is 11.8. The minimum absolute atomic E-state index is 0. The Kier molecular flexibility index (Phi) is 50.9. The lowest BCUT2D eigenvalue weighted by atomic mass is 10.0. The minimum Gasteiger partial charge on any atom is -1.00 e. The van der Waals surface area contributed by atoms with Crippen LogP contribution in [0.15, 0.2) is 0 Å². The Morgan fingerprint density at radius 3 is 0.415 bits per heavy atom. The molecule has 0 heterocycles. The molecule has 0 radical (unpaired) electrons. The number of hydrogen-bond acceptors (Lipinski definition) is 0. The molecular weight excluding hydrogens is 706 g/mol. The van der Waals surface area contributed by atoms with E-state index in [0.717, 1.165) is 4.48 Å². The molecule has 0 aromatic rings. The van der Waals surface area contributed by atoms with E-state index in [1.165, 1.54) is 302 Å². The van der Waals surface area contributed by atoms with E-state index in [-0.39, 0.29) is 17.0 Å². The van der Waals surface area contributed by atoms with Gasteiger partial charge in [0.05, 0.1) is 27.7 Å². The van der Waals surface area contributed by atoms with Crippen LogP contribution in [0.2, 0.25) is 0 Å². The Labute approximate surface area is 349 Å². The van der Waals surface area contributed by atoms with Crippen LogP contribution >= 0.6 is 0 Å². The van der Waals surface area contributed by atoms with E-state index in [1.54, 1.807) is 0 Å². The molecule has 0 saturated carbocycles. The molecule has 0 saturated heterocycles. The molecule has 0 N–H and O–H groups in total. The van der Waals surface area contributed by atoms with Gasteiger partial charge in [0.25, 0.3) is 0 Å². The highest BCUT2D eigenvalue weighted by atomic mass is 79.9. The maximum atomic E-state index is 2.31. The molecule has 0 aromatic heterocycles. The first-order chi connectivity index (χ1) is 25.6. The predicted molar refractivity (Wildman–Crippen MR) is 241 cm³/mol. The first kappa shape index (κ1) is 55.5. The van der Waals surface area contributed by atoms with E-state index >= 15 is 0 Å². The van der Waals surface area contributed by atoms with Gasteiger partial charge >= 0.3 is 0 Å². The second-order valence-electron chi connectivity index (χ2n) is 18.9. The summed E-state index contributed by atoms with van der Waals surface area (Å²) < 4.78 is 1.12. The average molecular weight is 813 g/mol. The monoisotopic (exact) mass is 812 g/mol. The van der Waals surface area contributed by atoms with Crippen molar-refractivity contribution in [1.29, 1.82) is 0 Å². The molecule has 0 atom stereocenters. The SMILES string of the molecule is CCCCCCCCCCCCCCCCCCCCCCCCCCCCCCCCCCCCCCCCCCCCCCCC[N+](C)(C)C.[Br-]. The maximum absolute atomic E-state index is 2.31. The summed E-state index contributed by atoms with van der Waals surface area (Å²) in [5.41, 5.74) is 0. The van der Waals surface area contributed by atoms with Gasteiger partial charge in [-0.3, -0.25) is 0 Å². The molecule has 0 rings (SSSR count). The zero-order valence-corrected chi connectivity index (χ0v) is 39.6. The highest BCUT2D eigenvalue weighted by Gasteiger charge is 2.05. The summed E-state index contributed by atoms with van der Waals surface area (Å²) in [6.45, 7) is 3.65. The van der Waals surface area contributed by atoms with E-state index in [0.29, 0.717) is 0 Å². The molecule has 53 heavy (non-hydrogen) atoms. The van der Waals surface area contributed by atoms with Crippen LogP contribution in [0.25, 0.3) is 0 Å². The molecule has 0 fully saturated rings. The molecule has 0 spiro atoms. The van der Waals surface area contributed by atoms with Gasteiger partial charge in [-0.05, 0) is 12.8 Å². The van der Waals surface area contributed by atoms with Gasteiger partial charge in [-0.2, -0.15) is 0 Å². The fraction of sp³-hybridized carbons (Fsp3) is 1.00. The predicted octanol–water partition coefficient (Wildman–Crippen LogP) is 15.7. The first-order valence-corrected chi connectivity index (χ1v) is 25.4. The quantitative estimate of drug-likeness (QED) is 0.0424. The van der Waals surface area contributed by atoms with Crippen LogP contribution in [-0.4, -0.2) is 32.2 Å². The Balaban J connectivity index is 0. The molecule has 2 heteroatoms. The number of halogens is 1. The van der Waals surface area contributed by atoms with Crippen LogP contribution in [-0.2, 0) is 0 Å². The highest BCUT2D eigenvalue weighted by Crippen LogP contribution is 2.18. The van der Waals surface area contributed by atoms with Crippen LogP contribution in [0, 0.1) is 0 Å². The summed E-state index contributed by atoms with van der Waals surface area (Å²) >= 11 is 0. The van der Waals surface area contributed by atoms with Gasteiger partial charge in [-0.15, -0.1) is 0 Å². The number of nitrogens with zero attached hydrogens (tertiary/aromatic N) is 1. The number of hydrogen-bond donors (Lipinski definition) is 0. The average Bonchev–Trinajstić information content (AvgIpc) is 3.12. The fourth-order valence-electron chi connectivity index (χ4n) is 8.44. The van der Waals surface area contributed by atoms with Gasteiger partial charge in [0.15, 0.2) is 0 Å². The van der Waals surface area contributed by atoms with Gasteiger partial charge in [-0.25, -0.2) is 0 Å². The zero-order chi connectivity index (χ0) is 37.7. The van der Waals surface area contributed by atoms with Crippen molar-refractivity contribution in [3.63, 3.8) is 0 Å². The number of unbranched alkanes of at least 4 members (excludes halogenated alkanes) is 45. The third-order valence-electron chi connectivity index (χ3n) is 12.2. The summed E-state index contributed by atoms with van der Waals surface area (Å²) in [5, 5.41) is 0. The van der Waals surface area contributed by atoms with Crippen LogP contribution in [0.4, 0.5) is 0 Å². The Morgan fingerprint density at radius 1 is 0.189 bits per heavy atom. The maximum Gasteiger partial charge on any atom is 0.0780 e. The van der Waals surface area contributed by atoms with Crippen molar-refractivity contribution in [3.05, 3.63) is 0 Å². The smallest absolute Gasteiger partial charge is 0.0780 e. The second-order valence-corrected chi connectivity index (χ2v) is 18.9. The van der Waals surface area contributed by atoms with Crippen LogP contribution in [0.1, 0.15) is 302 Å². The summed E-state index contributed by atoms with van der Waals surface area (Å²) in [6, 6.07) is 0. The molecule has 0 aliphatic rings. The van der Waals surface area contributed by atoms with Crippen molar-refractivity contribution in [2.45, 2.75) is 302 Å². The third kappa shape index (κ3) is 54.6. The van der Waals surface area contributed by atoms with Gasteiger partial charge in [0.1, 0.15) is 0 Å². The van der Waals surface area contributed by atoms with Gasteiger partial charge in [-0.1, -0.05) is 289 Å². The summed E-state index contributed by atoms with van der Waals surface area (Å²) in [6.07, 6.45) is 68.3. The Morgan fingerprint density at radius 2 is 0.302 bits per heavy atom. The summed E-state index contributed by atoms with van der Waals surface area (Å²) in [4.78, 5) is 0. The van der Waals surface area contributed by atoms with Crippen molar-refractivity contribution in [2.75, 3.05) is 27.7 Å². The molecule has 0 unspecified atom stereocenters. The fourth-order valence-corrected chi connectivity index (χ4v) is 8.44. The van der Waals surface area contributed by atoms with E-state index in [2.05, 4.69) is 28.1 Å². The molecule has 0 aromatic carbocycles. The lowest BCUT2D eigenvalue weighted by molar-refractivity contribution is -0.870. The summed E-state index contributed by atoms with van der Waals surface area (Å²) in [7, 11) is 6.94. The summed E-state index contributed by atoms with van der Waals surface area (Å²) in [5.74, 6) is 0. The Hall–Kier alpha value is 0.440. The molecule has 0 amide bonds. The third-order valence-corrected chi connectivity index (χ3v) is 12.2. The lowest BCUT2D eigenvalue weighted by Gasteiger charge is -2.23. The van der Waals surface area contributed by atoms with Gasteiger partial charge in [0.2, 0.25) is 0 Å². The van der Waals surface area contributed by atoms with Crippen LogP contribution in [0.3, 0.4) is 0 Å². The van der Waals surface area contributed by atoms with Gasteiger partial charge < -0.3 is 21.5 Å². The number of quaternary nitrogens is 1. The minimum atomic E-state index is 0. The standard InChI is InChI=1S/C51H106N.BrH/c1-5-6-7-8-9-10-11-12-13-14-15-16-17-18-19-20-21-22-23-24-25-26-27-28-29-30-31-32-33-34-35-36-37-38-39-40-41-42-43-44-45-46-47-48-49-50-51-52(2,3)4;/h5-51H2,1-4H3;1H/q+1;/p-1. The van der Waals surface area contributed by atoms with Crippen molar-refractivity contribution in [2.24, 2.45) is 0 Å². The number of rotatable bonds is 47. The molecular formula is C51H106BrN. The Bertz CT molecular complexity index is 612. The van der Waals surface area contributed by atoms with Crippen LogP contribution < -0.4 is 17.0 Å². The molecule has 322 valence electrons. The molecule has 1 nitrogen and oxygen atoms in total. The molecule has 0 aliphatic heterocycles. The first-order valence-electron chi connectivity index (χ1n) is 25.4. The topological polar surface area (TPSA) is 0 Å². The lowest BCUT2D eigenvalue weighted by Crippen LogP contribution is -3.00. The second kappa shape index (κ2) is 48.6.